The molecule has 3 aromatic rings. The van der Waals surface area contributed by atoms with Crippen LogP contribution in [-0.4, -0.2) is 52.9 Å². The third-order valence-corrected chi connectivity index (χ3v) is 7.87. The first-order valence-corrected chi connectivity index (χ1v) is 11.9. The van der Waals surface area contributed by atoms with Crippen molar-refractivity contribution in [3.63, 3.8) is 0 Å². The summed E-state index contributed by atoms with van der Waals surface area (Å²) in [5.74, 6) is 0.245. The molecule has 0 saturated carbocycles. The highest BCUT2D eigenvalue weighted by atomic mass is 32.1. The Kier molecular flexibility index (Phi) is 5.34. The predicted octanol–water partition coefficient (Wildman–Crippen LogP) is 4.49. The Hall–Kier alpha value is -2.24. The lowest BCUT2D eigenvalue weighted by atomic mass is 9.78. The molecule has 0 spiro atoms. The molecule has 2 atom stereocenters. The van der Waals surface area contributed by atoms with E-state index in [2.05, 4.69) is 47.1 Å². The van der Waals surface area contributed by atoms with Crippen LogP contribution in [-0.2, 0) is 16.6 Å². The second kappa shape index (κ2) is 8.12. The number of rotatable bonds is 5. The Morgan fingerprint density at radius 3 is 2.57 bits per heavy atom. The maximum atomic E-state index is 13.9. The molecule has 30 heavy (non-hydrogen) atoms. The second-order valence-electron chi connectivity index (χ2n) is 8.89. The number of aromatic nitrogens is 1. The molecule has 0 N–H and O–H groups in total. The minimum absolute atomic E-state index is 0.245. The minimum Gasteiger partial charge on any atom is -0.340 e. The normalized spacial score (nSPS) is 21.9. The van der Waals surface area contributed by atoms with Crippen molar-refractivity contribution in [1.82, 2.24) is 14.8 Å². The van der Waals surface area contributed by atoms with Crippen LogP contribution in [0, 0.1) is 0 Å². The molecule has 156 valence electrons. The van der Waals surface area contributed by atoms with Crippen molar-refractivity contribution in [3.8, 4) is 0 Å². The zero-order valence-electron chi connectivity index (χ0n) is 17.6. The van der Waals surface area contributed by atoms with E-state index in [1.807, 2.05) is 24.3 Å². The molecular formula is C25H29N3OS. The second-order valence-corrected chi connectivity index (χ2v) is 10.0. The van der Waals surface area contributed by atoms with Crippen molar-refractivity contribution in [1.29, 1.82) is 0 Å². The minimum atomic E-state index is -0.602. The average molecular weight is 420 g/mol. The molecule has 4 nitrogen and oxygen atoms in total. The summed E-state index contributed by atoms with van der Waals surface area (Å²) >= 11 is 1.71. The van der Waals surface area contributed by atoms with Gasteiger partial charge in [0.25, 0.3) is 0 Å². The van der Waals surface area contributed by atoms with E-state index in [4.69, 9.17) is 4.98 Å². The molecule has 2 aromatic carbocycles. The molecule has 3 heterocycles. The predicted molar refractivity (Wildman–Crippen MR) is 123 cm³/mol. The first-order valence-electron chi connectivity index (χ1n) is 11.1. The molecule has 1 aromatic heterocycles. The molecule has 5 rings (SSSR count). The van der Waals surface area contributed by atoms with Gasteiger partial charge in [-0.1, -0.05) is 42.5 Å². The monoisotopic (exact) mass is 419 g/mol. The topological polar surface area (TPSA) is 36.4 Å². The lowest BCUT2D eigenvalue weighted by molar-refractivity contribution is -0.136. The van der Waals surface area contributed by atoms with Crippen LogP contribution in [0.15, 0.2) is 54.6 Å². The van der Waals surface area contributed by atoms with Gasteiger partial charge in [-0.25, -0.2) is 4.98 Å². The number of carbonyl (C=O) groups is 1. The van der Waals surface area contributed by atoms with Crippen LogP contribution in [0.3, 0.4) is 0 Å². The molecule has 0 radical (unpaired) electrons. The van der Waals surface area contributed by atoms with Crippen molar-refractivity contribution in [2.75, 3.05) is 26.2 Å². The molecule has 5 heteroatoms. The van der Waals surface area contributed by atoms with Crippen LogP contribution in [0.2, 0.25) is 0 Å². The number of carbonyl (C=O) groups excluding carboxylic acids is 1. The van der Waals surface area contributed by atoms with Gasteiger partial charge < -0.3 is 4.90 Å². The molecule has 1 amide bonds. The Bertz CT molecular complexity index is 994. The molecule has 0 bridgehead atoms. The number of hydrogen-bond acceptors (Lipinski definition) is 4. The third kappa shape index (κ3) is 3.65. The first-order chi connectivity index (χ1) is 14.6. The van der Waals surface area contributed by atoms with Gasteiger partial charge in [0.1, 0.15) is 0 Å². The van der Waals surface area contributed by atoms with E-state index in [0.717, 1.165) is 35.6 Å². The molecule has 0 aliphatic carbocycles. The van der Waals surface area contributed by atoms with Gasteiger partial charge in [0, 0.05) is 25.6 Å². The summed E-state index contributed by atoms with van der Waals surface area (Å²) in [6.45, 7) is 6.21. The number of fused-ring (bicyclic) bond motifs is 1. The smallest absolute Gasteiger partial charge is 0.233 e. The third-order valence-electron chi connectivity index (χ3n) is 6.83. The van der Waals surface area contributed by atoms with Crippen LogP contribution in [0.1, 0.15) is 36.8 Å². The van der Waals surface area contributed by atoms with Gasteiger partial charge in [0.15, 0.2) is 0 Å². The number of thiazole rings is 1. The van der Waals surface area contributed by atoms with Crippen molar-refractivity contribution in [3.05, 3.63) is 65.2 Å². The molecule has 2 fully saturated rings. The van der Waals surface area contributed by atoms with Crippen molar-refractivity contribution >= 4 is 27.5 Å². The average Bonchev–Trinajstić information content (AvgIpc) is 3.53. The quantitative estimate of drug-likeness (QED) is 0.611. The maximum absolute atomic E-state index is 13.9. The number of likely N-dealkylation sites (tertiary alicyclic amines) is 2. The number of nitrogens with zero attached hydrogens (tertiary/aromatic N) is 3. The zero-order chi connectivity index (χ0) is 20.6. The van der Waals surface area contributed by atoms with Crippen molar-refractivity contribution in [2.24, 2.45) is 0 Å². The molecule has 2 aliphatic heterocycles. The van der Waals surface area contributed by atoms with E-state index in [1.54, 1.807) is 11.3 Å². The summed E-state index contributed by atoms with van der Waals surface area (Å²) in [5.41, 5.74) is 1.50. The maximum Gasteiger partial charge on any atom is 0.233 e. The van der Waals surface area contributed by atoms with Crippen LogP contribution in [0.25, 0.3) is 10.2 Å². The zero-order valence-corrected chi connectivity index (χ0v) is 18.4. The number of para-hydroxylation sites is 1. The van der Waals surface area contributed by atoms with Crippen LogP contribution < -0.4 is 0 Å². The fourth-order valence-electron chi connectivity index (χ4n) is 5.09. The molecular weight excluding hydrogens is 390 g/mol. The van der Waals surface area contributed by atoms with Crippen LogP contribution >= 0.6 is 11.3 Å². The summed E-state index contributed by atoms with van der Waals surface area (Å²) in [5, 5.41) is 1.03. The largest absolute Gasteiger partial charge is 0.340 e. The van der Waals surface area contributed by atoms with Gasteiger partial charge in [-0.05, 0) is 57.0 Å². The van der Waals surface area contributed by atoms with Crippen LogP contribution in [0.5, 0.6) is 0 Å². The van der Waals surface area contributed by atoms with Gasteiger partial charge >= 0.3 is 0 Å². The Balaban J connectivity index is 1.43. The summed E-state index contributed by atoms with van der Waals surface area (Å²) in [6.07, 6.45) is 4.32. The van der Waals surface area contributed by atoms with Gasteiger partial charge in [-0.15, -0.1) is 11.3 Å². The Morgan fingerprint density at radius 2 is 1.80 bits per heavy atom. The van der Waals surface area contributed by atoms with Crippen molar-refractivity contribution in [2.45, 2.75) is 44.1 Å². The van der Waals surface area contributed by atoms with Crippen molar-refractivity contribution < 1.29 is 4.79 Å². The van der Waals surface area contributed by atoms with E-state index < -0.39 is 5.41 Å². The lowest BCUT2D eigenvalue weighted by Crippen LogP contribution is -2.47. The highest BCUT2D eigenvalue weighted by Crippen LogP contribution is 2.35. The highest BCUT2D eigenvalue weighted by Gasteiger charge is 2.42. The highest BCUT2D eigenvalue weighted by molar-refractivity contribution is 7.18. The fourth-order valence-corrected chi connectivity index (χ4v) is 6.21. The first kappa shape index (κ1) is 19.7. The van der Waals surface area contributed by atoms with Gasteiger partial charge in [0.05, 0.1) is 20.6 Å². The molecule has 2 saturated heterocycles. The number of hydrogen-bond donors (Lipinski definition) is 0. The van der Waals surface area contributed by atoms with Gasteiger partial charge in [0.2, 0.25) is 5.91 Å². The van der Waals surface area contributed by atoms with Crippen LogP contribution in [0.4, 0.5) is 0 Å². The molecule has 2 aliphatic rings. The summed E-state index contributed by atoms with van der Waals surface area (Å²) < 4.78 is 1.19. The van der Waals surface area contributed by atoms with E-state index in [9.17, 15) is 4.79 Å². The number of amides is 1. The standard InChI is InChI=1S/C25H29N3OS/c1-25(19-9-3-2-4-10-19,17-23-26-21-11-5-6-12-22(21)30-23)24(29)28-16-13-20(18-28)27-14-7-8-15-27/h2-6,9-12,20H,7-8,13-18H2,1H3. The Morgan fingerprint density at radius 1 is 1.07 bits per heavy atom. The van der Waals surface area contributed by atoms with Gasteiger partial charge in [-0.3, -0.25) is 9.69 Å². The fraction of sp³-hybridized carbons (Fsp3) is 0.440. The Labute approximate surface area is 182 Å². The number of benzene rings is 2. The summed E-state index contributed by atoms with van der Waals surface area (Å²) in [4.78, 5) is 23.5. The molecule has 2 unspecified atom stereocenters. The summed E-state index contributed by atoms with van der Waals surface area (Å²) in [6, 6.07) is 19.1. The van der Waals surface area contributed by atoms with E-state index in [1.165, 1.54) is 30.6 Å². The van der Waals surface area contributed by atoms with E-state index >= 15 is 0 Å². The summed E-state index contributed by atoms with van der Waals surface area (Å²) in [7, 11) is 0. The van der Waals surface area contributed by atoms with E-state index in [-0.39, 0.29) is 5.91 Å². The van der Waals surface area contributed by atoms with Gasteiger partial charge in [-0.2, -0.15) is 0 Å². The van der Waals surface area contributed by atoms with E-state index in [0.29, 0.717) is 12.5 Å². The lowest BCUT2D eigenvalue weighted by Gasteiger charge is -2.33. The SMILES string of the molecule is CC(Cc1nc2ccccc2s1)(C(=O)N1CCC(N2CCCC2)C1)c1ccccc1.